The second-order valence-corrected chi connectivity index (χ2v) is 5.56. The number of nitrogens with two attached hydrogens (primary N) is 1. The maximum Gasteiger partial charge on any atom is 0.340 e. The van der Waals surface area contributed by atoms with Crippen LogP contribution in [-0.4, -0.2) is 17.6 Å². The third-order valence-electron chi connectivity index (χ3n) is 2.90. The first-order valence-electron chi connectivity index (χ1n) is 7.27. The molecule has 2 N–H and O–H groups in total. The summed E-state index contributed by atoms with van der Waals surface area (Å²) in [7, 11) is 0. The molecule has 1 aromatic rings. The van der Waals surface area contributed by atoms with Crippen molar-refractivity contribution in [2.24, 2.45) is 0 Å². The van der Waals surface area contributed by atoms with E-state index in [-0.39, 0.29) is 5.97 Å². The molecule has 0 saturated heterocycles. The van der Waals surface area contributed by atoms with Crippen LogP contribution in [0.15, 0.2) is 11.5 Å². The summed E-state index contributed by atoms with van der Waals surface area (Å²) >= 11 is 1.34. The van der Waals surface area contributed by atoms with Crippen LogP contribution in [0.4, 0.5) is 5.13 Å². The van der Waals surface area contributed by atoms with Gasteiger partial charge in [0, 0.05) is 5.38 Å². The van der Waals surface area contributed by atoms with E-state index in [1.807, 2.05) is 11.5 Å². The average Bonchev–Trinajstić information content (AvgIpc) is 2.85. The van der Waals surface area contributed by atoms with Crippen LogP contribution in [0.3, 0.4) is 0 Å². The number of esters is 1. The molecular weight excluding hydrogens is 272 g/mol. The van der Waals surface area contributed by atoms with Crippen molar-refractivity contribution in [2.75, 3.05) is 12.3 Å². The molecule has 0 aromatic carbocycles. The normalized spacial score (nSPS) is 11.6. The van der Waals surface area contributed by atoms with Crippen molar-refractivity contribution in [3.8, 4) is 0 Å². The number of thiazole rings is 1. The largest absolute Gasteiger partial charge is 0.462 e. The zero-order valence-electron chi connectivity index (χ0n) is 12.4. The van der Waals surface area contributed by atoms with Crippen molar-refractivity contribution in [1.29, 1.82) is 0 Å². The molecule has 4 nitrogen and oxygen atoms in total. The van der Waals surface area contributed by atoms with Gasteiger partial charge in [0.25, 0.3) is 0 Å². The highest BCUT2D eigenvalue weighted by molar-refractivity contribution is 7.13. The number of nitrogens with zero attached hydrogens (tertiary/aromatic N) is 1. The van der Waals surface area contributed by atoms with E-state index in [0.717, 1.165) is 38.5 Å². The van der Waals surface area contributed by atoms with Crippen molar-refractivity contribution >= 4 is 28.0 Å². The Morgan fingerprint density at radius 2 is 2.10 bits per heavy atom. The summed E-state index contributed by atoms with van der Waals surface area (Å²) in [5, 5.41) is 2.28. The molecule has 1 aromatic heterocycles. The molecule has 0 aliphatic carbocycles. The smallest absolute Gasteiger partial charge is 0.340 e. The van der Waals surface area contributed by atoms with Gasteiger partial charge >= 0.3 is 5.97 Å². The maximum absolute atomic E-state index is 12.1. The number of carbonyl (C=O) groups excluding carboxylic acids is 1. The molecule has 0 fully saturated rings. The van der Waals surface area contributed by atoms with Crippen LogP contribution < -0.4 is 5.73 Å². The lowest BCUT2D eigenvalue weighted by atomic mass is 10.1. The highest BCUT2D eigenvalue weighted by Gasteiger charge is 2.16. The molecule has 0 aliphatic heterocycles. The van der Waals surface area contributed by atoms with Crippen LogP contribution in [-0.2, 0) is 9.53 Å². The fourth-order valence-corrected chi connectivity index (χ4v) is 2.29. The summed E-state index contributed by atoms with van der Waals surface area (Å²) in [6.45, 7) is 4.68. The molecule has 1 heterocycles. The van der Waals surface area contributed by atoms with Gasteiger partial charge in [-0.2, -0.15) is 0 Å². The third-order valence-corrected chi connectivity index (χ3v) is 3.58. The first-order chi connectivity index (χ1) is 9.69. The Kier molecular flexibility index (Phi) is 7.95. The first-order valence-corrected chi connectivity index (χ1v) is 8.15. The number of hydrogen-bond acceptors (Lipinski definition) is 5. The lowest BCUT2D eigenvalue weighted by Gasteiger charge is -2.06. The highest BCUT2D eigenvalue weighted by Crippen LogP contribution is 2.22. The zero-order valence-corrected chi connectivity index (χ0v) is 13.2. The Morgan fingerprint density at radius 3 is 2.70 bits per heavy atom. The number of unbranched alkanes of at least 4 members (excludes halogenated alkanes) is 4. The van der Waals surface area contributed by atoms with Crippen molar-refractivity contribution in [2.45, 2.75) is 52.4 Å². The number of hydrogen-bond donors (Lipinski definition) is 1. The Morgan fingerprint density at radius 1 is 1.35 bits per heavy atom. The number of allylic oxidation sites excluding steroid dienone is 1. The summed E-state index contributed by atoms with van der Waals surface area (Å²) in [5.41, 5.74) is 6.82. The van der Waals surface area contributed by atoms with Gasteiger partial charge in [-0.15, -0.1) is 11.3 Å². The zero-order chi connectivity index (χ0) is 14.8. The maximum atomic E-state index is 12.1. The quantitative estimate of drug-likeness (QED) is 0.424. The van der Waals surface area contributed by atoms with E-state index in [9.17, 15) is 4.79 Å². The van der Waals surface area contributed by atoms with E-state index in [2.05, 4.69) is 18.8 Å². The summed E-state index contributed by atoms with van der Waals surface area (Å²) in [4.78, 5) is 16.3. The first kappa shape index (κ1) is 16.7. The van der Waals surface area contributed by atoms with Crippen molar-refractivity contribution < 1.29 is 9.53 Å². The number of rotatable bonds is 9. The summed E-state index contributed by atoms with van der Waals surface area (Å²) < 4.78 is 5.28. The van der Waals surface area contributed by atoms with Crippen molar-refractivity contribution in [3.05, 3.63) is 17.2 Å². The monoisotopic (exact) mass is 296 g/mol. The van der Waals surface area contributed by atoms with Gasteiger partial charge in [0.15, 0.2) is 5.13 Å². The molecule has 0 atom stereocenters. The molecular formula is C15H24N2O2S. The Bertz CT molecular complexity index is 441. The van der Waals surface area contributed by atoms with Gasteiger partial charge in [0.05, 0.1) is 17.9 Å². The molecule has 0 amide bonds. The highest BCUT2D eigenvalue weighted by atomic mass is 32.1. The third kappa shape index (κ3) is 5.74. The Hall–Kier alpha value is -1.36. The van der Waals surface area contributed by atoms with Crippen molar-refractivity contribution in [3.63, 3.8) is 0 Å². The fraction of sp³-hybridized carbons (Fsp3) is 0.600. The molecule has 0 spiro atoms. The summed E-state index contributed by atoms with van der Waals surface area (Å²) in [6, 6.07) is 0. The summed E-state index contributed by atoms with van der Waals surface area (Å²) in [5.74, 6) is -0.291. The molecule has 1 rings (SSSR count). The Balaban J connectivity index is 2.70. The number of nitrogen functional groups attached to an aromatic ring is 1. The second kappa shape index (κ2) is 9.53. The van der Waals surface area contributed by atoms with Gasteiger partial charge in [-0.3, -0.25) is 0 Å². The van der Waals surface area contributed by atoms with Crippen LogP contribution in [0.1, 0.15) is 58.1 Å². The predicted octanol–water partition coefficient (Wildman–Crippen LogP) is 4.03. The van der Waals surface area contributed by atoms with E-state index in [1.165, 1.54) is 11.3 Å². The molecule has 0 aliphatic rings. The minimum Gasteiger partial charge on any atom is -0.462 e. The predicted molar refractivity (Wildman–Crippen MR) is 84.5 cm³/mol. The Labute approximate surface area is 125 Å². The molecule has 0 saturated carbocycles. The standard InChI is InChI=1S/C15H24N2O2S/c1-3-5-7-8-9-12(13-11-20-15(16)17-13)14(18)19-10-6-4-2/h9,11H,3-8,10H2,1-2H3,(H2,16,17)/b12-9+. The van der Waals surface area contributed by atoms with E-state index in [0.29, 0.717) is 23.0 Å². The second-order valence-electron chi connectivity index (χ2n) is 4.67. The van der Waals surface area contributed by atoms with Crippen LogP contribution >= 0.6 is 11.3 Å². The number of ether oxygens (including phenoxy) is 1. The summed E-state index contributed by atoms with van der Waals surface area (Å²) in [6.07, 6.45) is 8.08. The van der Waals surface area contributed by atoms with Gasteiger partial charge in [0.2, 0.25) is 0 Å². The number of carbonyl (C=O) groups is 1. The van der Waals surface area contributed by atoms with Gasteiger partial charge < -0.3 is 10.5 Å². The van der Waals surface area contributed by atoms with E-state index in [4.69, 9.17) is 10.5 Å². The van der Waals surface area contributed by atoms with Gasteiger partial charge in [-0.25, -0.2) is 9.78 Å². The van der Waals surface area contributed by atoms with E-state index < -0.39 is 0 Å². The molecule has 0 bridgehead atoms. The van der Waals surface area contributed by atoms with Crippen LogP contribution in [0, 0.1) is 0 Å². The minimum atomic E-state index is -0.291. The van der Waals surface area contributed by atoms with Gasteiger partial charge in [-0.05, 0) is 19.3 Å². The van der Waals surface area contributed by atoms with Gasteiger partial charge in [0.1, 0.15) is 0 Å². The van der Waals surface area contributed by atoms with E-state index in [1.54, 1.807) is 0 Å². The molecule has 112 valence electrons. The molecule has 0 unspecified atom stereocenters. The van der Waals surface area contributed by atoms with Crippen molar-refractivity contribution in [1.82, 2.24) is 4.98 Å². The fourth-order valence-electron chi connectivity index (χ4n) is 1.73. The van der Waals surface area contributed by atoms with Crippen LogP contribution in [0.5, 0.6) is 0 Å². The average molecular weight is 296 g/mol. The lowest BCUT2D eigenvalue weighted by Crippen LogP contribution is -2.09. The number of anilines is 1. The minimum absolute atomic E-state index is 0.291. The SMILES string of the molecule is CCCCC/C=C(/C(=O)OCCCC)c1csc(N)n1. The molecule has 0 radical (unpaired) electrons. The molecule has 5 heteroatoms. The topological polar surface area (TPSA) is 65.2 Å². The number of aromatic nitrogens is 1. The van der Waals surface area contributed by atoms with Gasteiger partial charge in [-0.1, -0.05) is 39.2 Å². The van der Waals surface area contributed by atoms with Crippen LogP contribution in [0.25, 0.3) is 5.57 Å². The lowest BCUT2D eigenvalue weighted by molar-refractivity contribution is -0.136. The van der Waals surface area contributed by atoms with Crippen LogP contribution in [0.2, 0.25) is 0 Å². The van der Waals surface area contributed by atoms with E-state index >= 15 is 0 Å². The molecule has 20 heavy (non-hydrogen) atoms.